The van der Waals surface area contributed by atoms with E-state index in [0.29, 0.717) is 0 Å². The van der Waals surface area contributed by atoms with Crippen LogP contribution in [0.25, 0.3) is 32.9 Å². The van der Waals surface area contributed by atoms with E-state index in [1.807, 2.05) is 0 Å². The molecule has 0 fully saturated rings. The van der Waals surface area contributed by atoms with Crippen molar-refractivity contribution in [1.82, 2.24) is 4.57 Å². The summed E-state index contributed by atoms with van der Waals surface area (Å²) in [5, 5.41) is 2.50. The molecule has 9 aromatic carbocycles. The van der Waals surface area contributed by atoms with E-state index < -0.39 is 5.54 Å². The lowest BCUT2D eigenvalue weighted by molar-refractivity contribution is 0.544. The van der Waals surface area contributed by atoms with E-state index in [1.54, 1.807) is 0 Å². The summed E-state index contributed by atoms with van der Waals surface area (Å²) in [7, 11) is 0. The SMILES string of the molecule is CC1(C)c2ccccc2-c2ccc(N(c3ccccc3)c3ccc(N4c5ccccc5C(c5ccccc5)(n5c6ccccc6c6ccccc65)c5ccccc54)cc3)cc21. The van der Waals surface area contributed by atoms with Gasteiger partial charge in [0.15, 0.2) is 0 Å². The van der Waals surface area contributed by atoms with Crippen molar-refractivity contribution >= 4 is 55.9 Å². The Labute approximate surface area is 357 Å². The first-order chi connectivity index (χ1) is 30.0. The third kappa shape index (κ3) is 5.04. The van der Waals surface area contributed by atoms with Crippen LogP contribution in [0.5, 0.6) is 0 Å². The molecule has 1 aromatic heterocycles. The second kappa shape index (κ2) is 13.5. The summed E-state index contributed by atoms with van der Waals surface area (Å²) in [5.74, 6) is 0. The average Bonchev–Trinajstić information content (AvgIpc) is 3.77. The zero-order valence-corrected chi connectivity index (χ0v) is 34.2. The van der Waals surface area contributed by atoms with Crippen LogP contribution in [0.2, 0.25) is 0 Å². The van der Waals surface area contributed by atoms with Crippen LogP contribution in [0.15, 0.2) is 224 Å². The molecule has 0 unspecified atom stereocenters. The first kappa shape index (κ1) is 35.3. The Hall–Kier alpha value is -7.62. The van der Waals surface area contributed by atoms with E-state index in [0.717, 1.165) is 34.1 Å². The number of nitrogens with zero attached hydrogens (tertiary/aromatic N) is 3. The molecule has 1 aliphatic heterocycles. The highest BCUT2D eigenvalue weighted by molar-refractivity contribution is 6.09. The van der Waals surface area contributed by atoms with E-state index in [2.05, 4.69) is 253 Å². The number of benzene rings is 9. The highest BCUT2D eigenvalue weighted by Crippen LogP contribution is 2.58. The fourth-order valence-corrected chi connectivity index (χ4v) is 10.8. The monoisotopic (exact) mass is 781 g/mol. The largest absolute Gasteiger partial charge is 0.322 e. The van der Waals surface area contributed by atoms with Gasteiger partial charge in [0.2, 0.25) is 0 Å². The van der Waals surface area contributed by atoms with Gasteiger partial charge < -0.3 is 14.4 Å². The smallest absolute Gasteiger partial charge is 0.125 e. The standard InChI is InChI=1S/C58H43N3/c1-57(2)49-26-12-9-23-45(49)46-38-37-44(39-52(46)57)59(41-21-7-4-8-22-41)42-33-35-43(36-34-42)60-55-31-17-13-27-50(55)58(40-19-5-3-6-20-40,51-28-14-18-32-56(51)60)61-53-29-15-10-24-47(53)48-25-11-16-30-54(48)61/h3-39H,1-2H3. The first-order valence-electron chi connectivity index (χ1n) is 21.3. The fraction of sp³-hybridized carbons (Fsp3) is 0.0690. The Morgan fingerprint density at radius 3 is 1.49 bits per heavy atom. The Morgan fingerprint density at radius 2 is 0.852 bits per heavy atom. The van der Waals surface area contributed by atoms with E-state index >= 15 is 0 Å². The molecule has 2 heterocycles. The minimum atomic E-state index is -0.682. The predicted molar refractivity (Wildman–Crippen MR) is 255 cm³/mol. The maximum Gasteiger partial charge on any atom is 0.125 e. The van der Waals surface area contributed by atoms with Crippen molar-refractivity contribution in [1.29, 1.82) is 0 Å². The van der Waals surface area contributed by atoms with Gasteiger partial charge in [0.25, 0.3) is 0 Å². The summed E-state index contributed by atoms with van der Waals surface area (Å²) in [6.45, 7) is 4.70. The minimum absolute atomic E-state index is 0.0998. The van der Waals surface area contributed by atoms with Crippen LogP contribution < -0.4 is 9.80 Å². The van der Waals surface area contributed by atoms with E-state index in [4.69, 9.17) is 0 Å². The number of anilines is 6. The predicted octanol–water partition coefficient (Wildman–Crippen LogP) is 15.2. The minimum Gasteiger partial charge on any atom is -0.322 e. The Bertz CT molecular complexity index is 3190. The molecule has 10 aromatic rings. The summed E-state index contributed by atoms with van der Waals surface area (Å²) >= 11 is 0. The lowest BCUT2D eigenvalue weighted by Crippen LogP contribution is -2.42. The topological polar surface area (TPSA) is 11.4 Å². The molecule has 3 nitrogen and oxygen atoms in total. The quantitative estimate of drug-likeness (QED) is 0.166. The number of rotatable bonds is 6. The molecule has 290 valence electrons. The number of fused-ring (bicyclic) bond motifs is 8. The van der Waals surface area contributed by atoms with Crippen molar-refractivity contribution in [3.05, 3.63) is 252 Å². The van der Waals surface area contributed by atoms with Gasteiger partial charge >= 0.3 is 0 Å². The van der Waals surface area contributed by atoms with Crippen molar-refractivity contribution in [2.75, 3.05) is 9.80 Å². The van der Waals surface area contributed by atoms with Gasteiger partial charge in [-0.3, -0.25) is 0 Å². The van der Waals surface area contributed by atoms with E-state index in [9.17, 15) is 0 Å². The molecular formula is C58H43N3. The van der Waals surface area contributed by atoms with Gasteiger partial charge in [0.1, 0.15) is 5.54 Å². The third-order valence-electron chi connectivity index (χ3n) is 13.4. The first-order valence-corrected chi connectivity index (χ1v) is 21.3. The molecule has 61 heavy (non-hydrogen) atoms. The second-order valence-corrected chi connectivity index (χ2v) is 16.9. The van der Waals surface area contributed by atoms with E-state index in [-0.39, 0.29) is 5.41 Å². The van der Waals surface area contributed by atoms with Gasteiger partial charge in [-0.15, -0.1) is 0 Å². The maximum atomic E-state index is 2.61. The molecule has 0 amide bonds. The lowest BCUT2D eigenvalue weighted by atomic mass is 9.72. The molecular weight excluding hydrogens is 739 g/mol. The van der Waals surface area contributed by atoms with Crippen LogP contribution in [0, 0.1) is 0 Å². The zero-order chi connectivity index (χ0) is 40.7. The van der Waals surface area contributed by atoms with Crippen LogP contribution in [-0.4, -0.2) is 4.57 Å². The molecule has 2 aliphatic rings. The fourth-order valence-electron chi connectivity index (χ4n) is 10.8. The third-order valence-corrected chi connectivity index (χ3v) is 13.4. The van der Waals surface area contributed by atoms with Crippen LogP contribution >= 0.6 is 0 Å². The molecule has 0 bridgehead atoms. The Morgan fingerprint density at radius 1 is 0.377 bits per heavy atom. The zero-order valence-electron chi connectivity index (χ0n) is 34.2. The summed E-state index contributed by atoms with van der Waals surface area (Å²) in [6, 6.07) is 82.7. The van der Waals surface area contributed by atoms with Crippen LogP contribution in [-0.2, 0) is 11.0 Å². The lowest BCUT2D eigenvalue weighted by Gasteiger charge is -2.47. The van der Waals surface area contributed by atoms with Crippen molar-refractivity contribution in [3.8, 4) is 11.1 Å². The van der Waals surface area contributed by atoms with E-state index in [1.165, 1.54) is 60.8 Å². The summed E-state index contributed by atoms with van der Waals surface area (Å²) in [6.07, 6.45) is 0. The number of para-hydroxylation sites is 5. The van der Waals surface area contributed by atoms with Crippen molar-refractivity contribution < 1.29 is 0 Å². The molecule has 0 spiro atoms. The van der Waals surface area contributed by atoms with Gasteiger partial charge in [-0.1, -0.05) is 166 Å². The van der Waals surface area contributed by atoms with Gasteiger partial charge in [-0.25, -0.2) is 0 Å². The maximum absolute atomic E-state index is 2.61. The molecule has 3 heteroatoms. The Balaban J connectivity index is 1.05. The van der Waals surface area contributed by atoms with Crippen LogP contribution in [0.4, 0.5) is 34.1 Å². The van der Waals surface area contributed by atoms with Crippen LogP contribution in [0.1, 0.15) is 41.7 Å². The molecule has 0 saturated heterocycles. The average molecular weight is 782 g/mol. The highest BCUT2D eigenvalue weighted by Gasteiger charge is 2.48. The normalized spacial score (nSPS) is 14.3. The second-order valence-electron chi connectivity index (χ2n) is 16.9. The van der Waals surface area contributed by atoms with Gasteiger partial charge in [0.05, 0.1) is 22.4 Å². The number of aromatic nitrogens is 1. The van der Waals surface area contributed by atoms with Crippen LogP contribution in [0.3, 0.4) is 0 Å². The van der Waals surface area contributed by atoms with Crippen molar-refractivity contribution in [2.45, 2.75) is 24.8 Å². The van der Waals surface area contributed by atoms with Gasteiger partial charge in [-0.2, -0.15) is 0 Å². The van der Waals surface area contributed by atoms with Gasteiger partial charge in [-0.05, 0) is 101 Å². The van der Waals surface area contributed by atoms with Gasteiger partial charge in [0, 0.05) is 50.1 Å². The molecule has 0 N–H and O–H groups in total. The summed E-state index contributed by atoms with van der Waals surface area (Å²) in [4.78, 5) is 4.86. The summed E-state index contributed by atoms with van der Waals surface area (Å²) < 4.78 is 2.61. The Kier molecular flexibility index (Phi) is 7.79. The molecule has 0 atom stereocenters. The molecule has 0 radical (unpaired) electrons. The molecule has 0 saturated carbocycles. The highest BCUT2D eigenvalue weighted by atomic mass is 15.2. The number of hydrogen-bond acceptors (Lipinski definition) is 2. The van der Waals surface area contributed by atoms with Crippen molar-refractivity contribution in [2.24, 2.45) is 0 Å². The van der Waals surface area contributed by atoms with Crippen molar-refractivity contribution in [3.63, 3.8) is 0 Å². The number of hydrogen-bond donors (Lipinski definition) is 0. The summed E-state index contributed by atoms with van der Waals surface area (Å²) in [5.41, 5.74) is 17.5. The molecule has 1 aliphatic carbocycles. The molecule has 12 rings (SSSR count).